The zero-order chi connectivity index (χ0) is 12.5. The first kappa shape index (κ1) is 13.0. The number of para-hydroxylation sites is 2. The van der Waals surface area contributed by atoms with Crippen LogP contribution in [0.25, 0.3) is 11.0 Å². The van der Waals surface area contributed by atoms with Crippen LogP contribution in [-0.4, -0.2) is 21.3 Å². The van der Waals surface area contributed by atoms with Crippen molar-refractivity contribution in [3.63, 3.8) is 0 Å². The summed E-state index contributed by atoms with van der Waals surface area (Å²) in [6, 6.07) is 7.57. The van der Waals surface area contributed by atoms with Crippen LogP contribution in [-0.2, 0) is 10.3 Å². The van der Waals surface area contributed by atoms with E-state index in [-0.39, 0.29) is 6.61 Å². The molecule has 0 aliphatic heterocycles. The van der Waals surface area contributed by atoms with Crippen LogP contribution in [0.1, 0.15) is 12.2 Å². The molecule has 0 fully saturated rings. The van der Waals surface area contributed by atoms with Gasteiger partial charge in [-0.25, -0.2) is 4.98 Å². The van der Waals surface area contributed by atoms with E-state index in [2.05, 4.69) is 4.98 Å². The van der Waals surface area contributed by atoms with E-state index < -0.39 is 3.79 Å². The molecule has 0 saturated heterocycles. The Hall–Kier alpha value is -0.480. The number of alkyl halides is 3. The number of halogens is 3. The van der Waals surface area contributed by atoms with E-state index in [1.807, 2.05) is 28.8 Å². The highest BCUT2D eigenvalue weighted by Crippen LogP contribution is 2.39. The number of imidazole rings is 1. The molecular weight excluding hydrogens is 282 g/mol. The number of fused-ring (bicyclic) bond motifs is 1. The lowest BCUT2D eigenvalue weighted by molar-refractivity contribution is 0.280. The molecule has 17 heavy (non-hydrogen) atoms. The van der Waals surface area contributed by atoms with E-state index >= 15 is 0 Å². The van der Waals surface area contributed by atoms with Gasteiger partial charge in [-0.1, -0.05) is 46.9 Å². The van der Waals surface area contributed by atoms with Crippen LogP contribution >= 0.6 is 34.8 Å². The van der Waals surface area contributed by atoms with Crippen molar-refractivity contribution in [2.75, 3.05) is 6.61 Å². The molecule has 6 heteroatoms. The highest BCUT2D eigenvalue weighted by Gasteiger charge is 2.30. The Bertz CT molecular complexity index is 519. The number of nitrogens with zero attached hydrogens (tertiary/aromatic N) is 2. The van der Waals surface area contributed by atoms with Gasteiger partial charge in [0.2, 0.25) is 3.79 Å². The van der Waals surface area contributed by atoms with E-state index in [0.717, 1.165) is 11.0 Å². The van der Waals surface area contributed by atoms with E-state index in [0.29, 0.717) is 18.8 Å². The molecular formula is C11H11Cl3N2O. The molecule has 0 unspecified atom stereocenters. The Morgan fingerprint density at radius 2 is 1.94 bits per heavy atom. The third-order valence-corrected chi connectivity index (χ3v) is 2.96. The van der Waals surface area contributed by atoms with Gasteiger partial charge in [-0.05, 0) is 18.6 Å². The molecule has 0 aliphatic rings. The Morgan fingerprint density at radius 1 is 1.24 bits per heavy atom. The molecule has 0 radical (unpaired) electrons. The summed E-state index contributed by atoms with van der Waals surface area (Å²) in [6.07, 6.45) is 0.591. The molecule has 3 nitrogen and oxygen atoms in total. The second kappa shape index (κ2) is 5.02. The van der Waals surface area contributed by atoms with Crippen LogP contribution in [0.2, 0.25) is 0 Å². The molecule has 0 spiro atoms. The number of aromatic nitrogens is 2. The normalized spacial score (nSPS) is 12.2. The lowest BCUT2D eigenvalue weighted by Crippen LogP contribution is -2.12. The summed E-state index contributed by atoms with van der Waals surface area (Å²) in [4.78, 5) is 4.32. The van der Waals surface area contributed by atoms with Crippen LogP contribution in [0.15, 0.2) is 24.3 Å². The number of benzene rings is 1. The number of aliphatic hydroxyl groups is 1. The average molecular weight is 294 g/mol. The zero-order valence-electron chi connectivity index (χ0n) is 8.91. The minimum absolute atomic E-state index is 0.0891. The first-order valence-corrected chi connectivity index (χ1v) is 6.31. The highest BCUT2D eigenvalue weighted by atomic mass is 35.6. The summed E-state index contributed by atoms with van der Waals surface area (Å²) in [5.41, 5.74) is 1.69. The first-order chi connectivity index (χ1) is 8.04. The van der Waals surface area contributed by atoms with E-state index in [1.54, 1.807) is 0 Å². The molecule has 1 heterocycles. The fraction of sp³-hybridized carbons (Fsp3) is 0.364. The predicted molar refractivity (Wildman–Crippen MR) is 70.7 cm³/mol. The summed E-state index contributed by atoms with van der Waals surface area (Å²) < 4.78 is 0.271. The number of aryl methyl sites for hydroxylation is 1. The number of aliphatic hydroxyl groups excluding tert-OH is 1. The SMILES string of the molecule is OCCCn1c(C(Cl)(Cl)Cl)nc2ccccc21. The highest BCUT2D eigenvalue weighted by molar-refractivity contribution is 6.66. The monoisotopic (exact) mass is 292 g/mol. The third kappa shape index (κ3) is 2.68. The number of hydrogen-bond acceptors (Lipinski definition) is 2. The summed E-state index contributed by atoms with van der Waals surface area (Å²) in [5, 5.41) is 8.90. The van der Waals surface area contributed by atoms with Crippen LogP contribution in [0.3, 0.4) is 0 Å². The second-order valence-electron chi connectivity index (χ2n) is 3.65. The van der Waals surface area contributed by atoms with E-state index in [1.165, 1.54) is 0 Å². The van der Waals surface area contributed by atoms with Crippen molar-refractivity contribution in [2.24, 2.45) is 0 Å². The molecule has 1 aromatic heterocycles. The van der Waals surface area contributed by atoms with Gasteiger partial charge in [-0.15, -0.1) is 0 Å². The van der Waals surface area contributed by atoms with Gasteiger partial charge < -0.3 is 9.67 Å². The van der Waals surface area contributed by atoms with Crippen LogP contribution < -0.4 is 0 Å². The molecule has 0 amide bonds. The molecule has 1 aromatic carbocycles. The van der Waals surface area contributed by atoms with Gasteiger partial charge in [0, 0.05) is 13.2 Å². The maximum atomic E-state index is 8.90. The van der Waals surface area contributed by atoms with Gasteiger partial charge in [0.05, 0.1) is 11.0 Å². The maximum Gasteiger partial charge on any atom is 0.248 e. The molecule has 2 aromatic rings. The topological polar surface area (TPSA) is 38.0 Å². The van der Waals surface area contributed by atoms with Crippen molar-refractivity contribution in [2.45, 2.75) is 16.8 Å². The largest absolute Gasteiger partial charge is 0.396 e. The Labute approximate surface area is 114 Å². The van der Waals surface area contributed by atoms with Gasteiger partial charge in [-0.2, -0.15) is 0 Å². The minimum Gasteiger partial charge on any atom is -0.396 e. The van der Waals surface area contributed by atoms with Gasteiger partial charge in [0.1, 0.15) is 0 Å². The smallest absolute Gasteiger partial charge is 0.248 e. The standard InChI is InChI=1S/C11H11Cl3N2O/c12-11(13,14)10-15-8-4-1-2-5-9(8)16(10)6-3-7-17/h1-2,4-5,17H,3,6-7H2. The van der Waals surface area contributed by atoms with Crippen molar-refractivity contribution < 1.29 is 5.11 Å². The van der Waals surface area contributed by atoms with Gasteiger partial charge >= 0.3 is 0 Å². The molecule has 2 rings (SSSR count). The first-order valence-electron chi connectivity index (χ1n) is 5.17. The average Bonchev–Trinajstić information content (AvgIpc) is 2.65. The Morgan fingerprint density at radius 3 is 2.59 bits per heavy atom. The van der Waals surface area contributed by atoms with E-state index in [4.69, 9.17) is 39.9 Å². The van der Waals surface area contributed by atoms with Crippen molar-refractivity contribution in [1.29, 1.82) is 0 Å². The number of hydrogen-bond donors (Lipinski definition) is 1. The zero-order valence-corrected chi connectivity index (χ0v) is 11.2. The van der Waals surface area contributed by atoms with Crippen molar-refractivity contribution >= 4 is 45.8 Å². The molecule has 92 valence electrons. The Balaban J connectivity index is 2.57. The third-order valence-electron chi connectivity index (χ3n) is 2.45. The molecule has 0 bridgehead atoms. The van der Waals surface area contributed by atoms with Crippen molar-refractivity contribution in [3.05, 3.63) is 30.1 Å². The number of rotatable bonds is 3. The van der Waals surface area contributed by atoms with Crippen LogP contribution in [0.5, 0.6) is 0 Å². The summed E-state index contributed by atoms with van der Waals surface area (Å²) in [5.74, 6) is 0.386. The lowest BCUT2D eigenvalue weighted by Gasteiger charge is -2.13. The summed E-state index contributed by atoms with van der Waals surface area (Å²) in [7, 11) is 0. The van der Waals surface area contributed by atoms with Crippen molar-refractivity contribution in [1.82, 2.24) is 9.55 Å². The maximum absolute atomic E-state index is 8.90. The molecule has 0 aliphatic carbocycles. The van der Waals surface area contributed by atoms with Gasteiger partial charge in [-0.3, -0.25) is 0 Å². The fourth-order valence-corrected chi connectivity index (χ4v) is 2.18. The molecule has 0 atom stereocenters. The van der Waals surface area contributed by atoms with Crippen LogP contribution in [0, 0.1) is 0 Å². The molecule has 0 saturated carbocycles. The lowest BCUT2D eigenvalue weighted by atomic mass is 10.3. The fourth-order valence-electron chi connectivity index (χ4n) is 1.75. The van der Waals surface area contributed by atoms with Gasteiger partial charge in [0.15, 0.2) is 5.82 Å². The predicted octanol–water partition coefficient (Wildman–Crippen LogP) is 3.25. The quantitative estimate of drug-likeness (QED) is 0.882. The Kier molecular flexibility index (Phi) is 3.83. The minimum atomic E-state index is -1.56. The second-order valence-corrected chi connectivity index (χ2v) is 5.93. The molecule has 1 N–H and O–H groups in total. The van der Waals surface area contributed by atoms with Gasteiger partial charge in [0.25, 0.3) is 0 Å². The van der Waals surface area contributed by atoms with Crippen LogP contribution in [0.4, 0.5) is 0 Å². The van der Waals surface area contributed by atoms with E-state index in [9.17, 15) is 0 Å². The summed E-state index contributed by atoms with van der Waals surface area (Å²) in [6.45, 7) is 0.659. The summed E-state index contributed by atoms with van der Waals surface area (Å²) >= 11 is 17.7. The van der Waals surface area contributed by atoms with Crippen molar-refractivity contribution in [3.8, 4) is 0 Å².